The Morgan fingerprint density at radius 1 is 1.09 bits per heavy atom. The third-order valence-corrected chi connectivity index (χ3v) is 8.43. The van der Waals surface area contributed by atoms with E-state index in [1.165, 1.54) is 48.8 Å². The molecule has 1 aromatic carbocycles. The first-order valence-electron chi connectivity index (χ1n) is 10.1. The number of phenolic OH excluding ortho intramolecular Hbond substituents is 1. The number of hydrogen-bond donors (Lipinski definition) is 1. The summed E-state index contributed by atoms with van der Waals surface area (Å²) in [5, 5.41) is 10.8. The number of ether oxygens (including phenoxy) is 1. The number of aromatic hydroxyl groups is 1. The number of amides is 2. The summed E-state index contributed by atoms with van der Waals surface area (Å²) in [6.07, 6.45) is 1.51. The van der Waals surface area contributed by atoms with Crippen molar-refractivity contribution in [3.8, 4) is 11.5 Å². The summed E-state index contributed by atoms with van der Waals surface area (Å²) >= 11 is 14.0. The average Bonchev–Trinajstić information content (AvgIpc) is 3.09. The van der Waals surface area contributed by atoms with Crippen LogP contribution in [0.15, 0.2) is 39.4 Å². The number of carbonyl (C=O) groups is 2. The van der Waals surface area contributed by atoms with E-state index in [-0.39, 0.29) is 24.3 Å². The minimum Gasteiger partial charge on any atom is -0.508 e. The number of methoxy groups -OCH3 is 1. The largest absolute Gasteiger partial charge is 0.508 e. The zero-order valence-corrected chi connectivity index (χ0v) is 19.4. The van der Waals surface area contributed by atoms with E-state index in [1.54, 1.807) is 6.08 Å². The minimum absolute atomic E-state index is 0.0439. The Labute approximate surface area is 197 Å². The van der Waals surface area contributed by atoms with Crippen LogP contribution in [0, 0.1) is 0 Å². The molecule has 2 aromatic rings. The van der Waals surface area contributed by atoms with E-state index in [0.29, 0.717) is 11.3 Å². The van der Waals surface area contributed by atoms with Crippen LogP contribution in [0.25, 0.3) is 0 Å². The van der Waals surface area contributed by atoms with Crippen molar-refractivity contribution < 1.29 is 19.4 Å². The molecule has 2 aliphatic heterocycles. The van der Waals surface area contributed by atoms with Gasteiger partial charge in [0.05, 0.1) is 19.7 Å². The number of hydrogen-bond acceptors (Lipinski definition) is 6. The number of phenols is 1. The predicted molar refractivity (Wildman–Crippen MR) is 118 cm³/mol. The second kappa shape index (κ2) is 6.77. The number of alkyl halides is 2. The molecule has 0 spiro atoms. The van der Waals surface area contributed by atoms with Crippen LogP contribution >= 0.6 is 23.2 Å². The summed E-state index contributed by atoms with van der Waals surface area (Å²) in [5.74, 6) is -2.29. The molecular weight excluding hydrogens is 475 g/mol. The van der Waals surface area contributed by atoms with Crippen LogP contribution in [0.2, 0.25) is 0 Å². The van der Waals surface area contributed by atoms with Gasteiger partial charge in [0.25, 0.3) is 11.8 Å². The molecule has 0 radical (unpaired) electrons. The summed E-state index contributed by atoms with van der Waals surface area (Å²) in [6, 6.07) is 3.61. The maximum Gasteiger partial charge on any atom is 0.347 e. The van der Waals surface area contributed by atoms with Gasteiger partial charge in [-0.25, -0.2) is 23.5 Å². The number of rotatable bonds is 2. The minimum atomic E-state index is -1.98. The zero-order valence-electron chi connectivity index (χ0n) is 17.9. The maximum absolute atomic E-state index is 13.4. The molecular formula is C21H20Cl2N4O6. The van der Waals surface area contributed by atoms with Crippen LogP contribution in [-0.2, 0) is 23.2 Å². The van der Waals surface area contributed by atoms with Gasteiger partial charge >= 0.3 is 11.4 Å². The molecule has 3 heterocycles. The summed E-state index contributed by atoms with van der Waals surface area (Å²) < 4.78 is 8.76. The smallest absolute Gasteiger partial charge is 0.347 e. The van der Waals surface area contributed by atoms with Crippen molar-refractivity contribution in [3.63, 3.8) is 0 Å². The van der Waals surface area contributed by atoms with E-state index in [1.807, 2.05) is 0 Å². The summed E-state index contributed by atoms with van der Waals surface area (Å²) in [6.45, 7) is 0.0439. The number of nitrogens with zero attached hydrogens (tertiary/aromatic N) is 4. The van der Waals surface area contributed by atoms with Crippen LogP contribution < -0.4 is 16.1 Å². The number of aromatic nitrogens is 3. The predicted octanol–water partition coefficient (Wildman–Crippen LogP) is 0.685. The molecule has 33 heavy (non-hydrogen) atoms. The second-order valence-electron chi connectivity index (χ2n) is 8.51. The van der Waals surface area contributed by atoms with Gasteiger partial charge in [-0.3, -0.25) is 14.5 Å². The number of halogens is 2. The highest BCUT2D eigenvalue weighted by Crippen LogP contribution is 2.64. The molecule has 174 valence electrons. The maximum atomic E-state index is 13.4. The fourth-order valence-corrected chi connectivity index (χ4v) is 6.34. The molecule has 1 saturated carbocycles. The molecule has 5 rings (SSSR count). The Morgan fingerprint density at radius 2 is 1.79 bits per heavy atom. The first kappa shape index (κ1) is 21.8. The highest BCUT2D eigenvalue weighted by Gasteiger charge is 2.75. The highest BCUT2D eigenvalue weighted by atomic mass is 35.5. The van der Waals surface area contributed by atoms with Crippen molar-refractivity contribution in [1.82, 2.24) is 18.8 Å². The van der Waals surface area contributed by atoms with Gasteiger partial charge in [0, 0.05) is 32.0 Å². The number of allylic oxidation sites excluding steroid dienone is 2. The van der Waals surface area contributed by atoms with Gasteiger partial charge in [-0.2, -0.15) is 0 Å². The molecule has 2 amide bonds. The molecule has 3 aliphatic rings. The van der Waals surface area contributed by atoms with Crippen LogP contribution in [0.1, 0.15) is 23.9 Å². The summed E-state index contributed by atoms with van der Waals surface area (Å²) in [4.78, 5) is 49.1. The lowest BCUT2D eigenvalue weighted by molar-refractivity contribution is -0.137. The highest BCUT2D eigenvalue weighted by molar-refractivity contribution is 6.53. The fraction of sp³-hybridized carbons (Fsp3) is 0.429. The number of imide groups is 1. The van der Waals surface area contributed by atoms with Crippen molar-refractivity contribution in [2.75, 3.05) is 14.2 Å². The summed E-state index contributed by atoms with van der Waals surface area (Å²) in [5.41, 5.74) is -0.374. The molecule has 1 N–H and O–H groups in total. The Bertz CT molecular complexity index is 1390. The molecule has 1 saturated heterocycles. The first-order chi connectivity index (χ1) is 15.5. The molecule has 0 bridgehead atoms. The first-order valence-corrected chi connectivity index (χ1v) is 10.9. The van der Waals surface area contributed by atoms with Gasteiger partial charge in [-0.15, -0.1) is 23.2 Å². The standard InChI is InChI=1S/C21H20Cl2N4O6/c1-24-16(29)20(22)9-13-11(6-7-26-18(31)25(2)19(32)27(13)26)15(21(20,23)17(24)30)12-8-10(33-3)4-5-14(12)28/h4-6,8,13,15,28H,7,9H2,1-3H3/t13-,15-,20-,21+/m1/s1. The molecule has 1 aromatic heterocycles. The normalized spacial score (nSPS) is 30.6. The third kappa shape index (κ3) is 2.45. The molecule has 12 heteroatoms. The number of likely N-dealkylation sites (tertiary alicyclic amines) is 1. The van der Waals surface area contributed by atoms with Crippen LogP contribution in [-0.4, -0.2) is 59.7 Å². The fourth-order valence-electron chi connectivity index (χ4n) is 5.35. The topological polar surface area (TPSA) is 116 Å². The summed E-state index contributed by atoms with van der Waals surface area (Å²) in [7, 11) is 4.10. The van der Waals surface area contributed by atoms with Crippen LogP contribution in [0.3, 0.4) is 0 Å². The van der Waals surface area contributed by atoms with Crippen LogP contribution in [0.5, 0.6) is 11.5 Å². The Balaban J connectivity index is 1.84. The van der Waals surface area contributed by atoms with Crippen LogP contribution in [0.4, 0.5) is 0 Å². The van der Waals surface area contributed by atoms with Crippen molar-refractivity contribution in [1.29, 1.82) is 0 Å². The number of carbonyl (C=O) groups excluding carboxylic acids is 2. The van der Waals surface area contributed by atoms with Gasteiger partial charge in [0.1, 0.15) is 11.5 Å². The van der Waals surface area contributed by atoms with Crippen molar-refractivity contribution >= 4 is 35.0 Å². The SMILES string of the molecule is COc1ccc(O)c([C@H]2C3=CCn4c(=O)n(C)c(=O)n4[C@@H]3C[C@@]3(Cl)C(=O)N(C)C(=O)[C@@]23Cl)c1. The quantitative estimate of drug-likeness (QED) is 0.373. The lowest BCUT2D eigenvalue weighted by Crippen LogP contribution is -2.59. The van der Waals surface area contributed by atoms with Gasteiger partial charge in [0.2, 0.25) is 0 Å². The monoisotopic (exact) mass is 494 g/mol. The van der Waals surface area contributed by atoms with Gasteiger partial charge < -0.3 is 9.84 Å². The molecule has 4 atom stereocenters. The van der Waals surface area contributed by atoms with E-state index >= 15 is 0 Å². The van der Waals surface area contributed by atoms with E-state index in [2.05, 4.69) is 0 Å². The molecule has 1 aliphatic carbocycles. The average molecular weight is 495 g/mol. The second-order valence-corrected chi connectivity index (χ2v) is 9.76. The number of benzene rings is 1. The van der Waals surface area contributed by atoms with E-state index in [0.717, 1.165) is 9.47 Å². The van der Waals surface area contributed by atoms with E-state index in [9.17, 15) is 24.3 Å². The number of fused-ring (bicyclic) bond motifs is 4. The lowest BCUT2D eigenvalue weighted by Gasteiger charge is -2.49. The Morgan fingerprint density at radius 3 is 2.45 bits per heavy atom. The van der Waals surface area contributed by atoms with Gasteiger partial charge in [-0.05, 0) is 23.8 Å². The molecule has 2 fully saturated rings. The third-order valence-electron chi connectivity index (χ3n) is 7.02. The van der Waals surface area contributed by atoms with Crippen molar-refractivity contribution in [2.45, 2.75) is 34.7 Å². The van der Waals surface area contributed by atoms with Gasteiger partial charge in [-0.1, -0.05) is 6.08 Å². The lowest BCUT2D eigenvalue weighted by atomic mass is 9.64. The van der Waals surface area contributed by atoms with E-state index in [4.69, 9.17) is 27.9 Å². The molecule has 0 unspecified atom stereocenters. The zero-order chi connectivity index (χ0) is 24.0. The van der Waals surface area contributed by atoms with E-state index < -0.39 is 44.9 Å². The molecule has 10 nitrogen and oxygen atoms in total. The Kier molecular flexibility index (Phi) is 4.48. The Hall–Kier alpha value is -2.98. The van der Waals surface area contributed by atoms with Gasteiger partial charge in [0.15, 0.2) is 9.75 Å². The van der Waals surface area contributed by atoms with Crippen molar-refractivity contribution in [2.24, 2.45) is 7.05 Å². The van der Waals surface area contributed by atoms with Crippen molar-refractivity contribution in [3.05, 3.63) is 56.4 Å².